The minimum absolute atomic E-state index is 0.0316. The molecule has 31 heavy (non-hydrogen) atoms. The van der Waals surface area contributed by atoms with Crippen LogP contribution in [0.3, 0.4) is 0 Å². The summed E-state index contributed by atoms with van der Waals surface area (Å²) in [5, 5.41) is 0.479. The van der Waals surface area contributed by atoms with Crippen molar-refractivity contribution in [3.8, 4) is 11.5 Å². The number of nitrogens with zero attached hydrogens (tertiary/aromatic N) is 1. The van der Waals surface area contributed by atoms with Crippen LogP contribution in [0.4, 0.5) is 5.69 Å². The van der Waals surface area contributed by atoms with Gasteiger partial charge in [0, 0.05) is 46.7 Å². The maximum Gasteiger partial charge on any atom is 0.223 e. The van der Waals surface area contributed by atoms with Crippen LogP contribution in [-0.4, -0.2) is 31.9 Å². The monoisotopic (exact) mass is 439 g/mol. The predicted octanol–water partition coefficient (Wildman–Crippen LogP) is 5.93. The maximum absolute atomic E-state index is 12.8. The lowest BCUT2D eigenvalue weighted by atomic mass is 9.52. The Morgan fingerprint density at radius 1 is 1.10 bits per heavy atom. The van der Waals surface area contributed by atoms with E-state index in [2.05, 4.69) is 51.1 Å². The minimum atomic E-state index is -0.0733. The third-order valence-electron chi connectivity index (χ3n) is 7.56. The van der Waals surface area contributed by atoms with Gasteiger partial charge in [0.25, 0.3) is 0 Å². The zero-order valence-corrected chi connectivity index (χ0v) is 20.2. The lowest BCUT2D eigenvalue weighted by Gasteiger charge is -2.59. The van der Waals surface area contributed by atoms with Crippen molar-refractivity contribution < 1.29 is 14.3 Å². The van der Waals surface area contributed by atoms with Gasteiger partial charge < -0.3 is 14.4 Å². The van der Waals surface area contributed by atoms with E-state index in [0.29, 0.717) is 17.7 Å². The largest absolute Gasteiger partial charge is 0.497 e. The zero-order valence-electron chi connectivity index (χ0n) is 19.4. The van der Waals surface area contributed by atoms with Crippen molar-refractivity contribution in [2.24, 2.45) is 11.3 Å². The molecule has 0 aromatic heterocycles. The summed E-state index contributed by atoms with van der Waals surface area (Å²) in [6.45, 7) is 9.51. The summed E-state index contributed by atoms with van der Waals surface area (Å²) in [4.78, 5) is 16.0. The molecule has 1 fully saturated rings. The summed E-state index contributed by atoms with van der Waals surface area (Å²) < 4.78 is 11.4. The van der Waals surface area contributed by atoms with E-state index in [-0.39, 0.29) is 16.7 Å². The molecule has 5 heteroatoms. The molecule has 1 saturated carbocycles. The van der Waals surface area contributed by atoms with E-state index < -0.39 is 0 Å². The highest BCUT2D eigenvalue weighted by molar-refractivity contribution is 8.00. The number of ether oxygens (including phenoxy) is 2. The van der Waals surface area contributed by atoms with Crippen LogP contribution < -0.4 is 14.4 Å². The Morgan fingerprint density at radius 2 is 1.81 bits per heavy atom. The number of carbonyl (C=O) groups is 1. The first-order chi connectivity index (χ1) is 14.7. The minimum Gasteiger partial charge on any atom is -0.497 e. The second-order valence-electron chi connectivity index (χ2n) is 9.60. The van der Waals surface area contributed by atoms with Gasteiger partial charge in [0.2, 0.25) is 5.91 Å². The van der Waals surface area contributed by atoms with E-state index in [0.717, 1.165) is 35.6 Å². The molecule has 2 aromatic carbocycles. The molecule has 1 amide bonds. The summed E-state index contributed by atoms with van der Waals surface area (Å²) in [5.41, 5.74) is 2.05. The Labute approximate surface area is 190 Å². The smallest absolute Gasteiger partial charge is 0.223 e. The number of anilines is 1. The number of methoxy groups -OCH3 is 2. The lowest BCUT2D eigenvalue weighted by molar-refractivity contribution is -0.117. The van der Waals surface area contributed by atoms with Gasteiger partial charge in [-0.1, -0.05) is 39.0 Å². The standard InChI is InChI=1S/C26H33NO3S/c1-17(28)27-16-22-25(2,3)23(31-19-10-8-7-9-11-19)12-13-26(22,4)24-20(27)14-18(29-5)15-21(24)30-6/h7-11,14-15,22-23H,12-13,16H2,1-6H3. The molecule has 3 unspecified atom stereocenters. The van der Waals surface area contributed by atoms with Crippen LogP contribution in [0.2, 0.25) is 0 Å². The fourth-order valence-electron chi connectivity index (χ4n) is 5.85. The van der Waals surface area contributed by atoms with Gasteiger partial charge >= 0.3 is 0 Å². The molecule has 0 N–H and O–H groups in total. The topological polar surface area (TPSA) is 38.8 Å². The highest BCUT2D eigenvalue weighted by Crippen LogP contribution is 2.62. The van der Waals surface area contributed by atoms with Crippen LogP contribution in [0.25, 0.3) is 0 Å². The van der Waals surface area contributed by atoms with E-state index in [4.69, 9.17) is 9.47 Å². The van der Waals surface area contributed by atoms with Crippen molar-refractivity contribution in [3.63, 3.8) is 0 Å². The van der Waals surface area contributed by atoms with Crippen molar-refractivity contribution in [1.82, 2.24) is 0 Å². The number of carbonyl (C=O) groups excluding carboxylic acids is 1. The van der Waals surface area contributed by atoms with E-state index in [9.17, 15) is 4.79 Å². The average Bonchev–Trinajstić information content (AvgIpc) is 2.75. The summed E-state index contributed by atoms with van der Waals surface area (Å²) >= 11 is 1.98. The van der Waals surface area contributed by atoms with Crippen molar-refractivity contribution >= 4 is 23.4 Å². The van der Waals surface area contributed by atoms with Gasteiger partial charge in [-0.2, -0.15) is 0 Å². The highest BCUT2D eigenvalue weighted by Gasteiger charge is 2.57. The average molecular weight is 440 g/mol. The van der Waals surface area contributed by atoms with Crippen molar-refractivity contribution in [2.45, 2.75) is 56.1 Å². The van der Waals surface area contributed by atoms with Crippen molar-refractivity contribution in [2.75, 3.05) is 25.7 Å². The van der Waals surface area contributed by atoms with E-state index in [1.807, 2.05) is 28.8 Å². The van der Waals surface area contributed by atoms with E-state index in [1.54, 1.807) is 21.1 Å². The normalized spacial score (nSPS) is 26.6. The second-order valence-corrected chi connectivity index (χ2v) is 10.9. The number of amides is 1. The molecule has 3 atom stereocenters. The molecule has 1 heterocycles. The van der Waals surface area contributed by atoms with Crippen LogP contribution in [0.1, 0.15) is 46.1 Å². The molecule has 4 rings (SSSR count). The fourth-order valence-corrected chi connectivity index (χ4v) is 7.20. The third kappa shape index (κ3) is 3.61. The first-order valence-corrected chi connectivity index (χ1v) is 11.9. The third-order valence-corrected chi connectivity index (χ3v) is 9.23. The van der Waals surface area contributed by atoms with Crippen LogP contribution >= 0.6 is 11.8 Å². The van der Waals surface area contributed by atoms with Gasteiger partial charge in [0.1, 0.15) is 11.5 Å². The Kier molecular flexibility index (Phi) is 5.76. The number of thioether (sulfide) groups is 1. The van der Waals surface area contributed by atoms with Gasteiger partial charge in [-0.25, -0.2) is 0 Å². The Hall–Kier alpha value is -2.14. The molecule has 0 bridgehead atoms. The van der Waals surface area contributed by atoms with E-state index in [1.165, 1.54) is 4.90 Å². The Balaban J connectivity index is 1.81. The van der Waals surface area contributed by atoms with Crippen LogP contribution in [-0.2, 0) is 10.2 Å². The van der Waals surface area contributed by atoms with E-state index >= 15 is 0 Å². The molecule has 2 aliphatic rings. The summed E-state index contributed by atoms with van der Waals surface area (Å²) in [6, 6.07) is 14.6. The van der Waals surface area contributed by atoms with Crippen LogP contribution in [0, 0.1) is 11.3 Å². The molecular weight excluding hydrogens is 406 g/mol. The van der Waals surface area contributed by atoms with Crippen LogP contribution in [0.15, 0.2) is 47.4 Å². The lowest BCUT2D eigenvalue weighted by Crippen LogP contribution is -2.58. The van der Waals surface area contributed by atoms with Crippen LogP contribution in [0.5, 0.6) is 11.5 Å². The van der Waals surface area contributed by atoms with Crippen molar-refractivity contribution in [1.29, 1.82) is 0 Å². The molecular formula is C26H33NO3S. The SMILES string of the molecule is COc1cc(OC)c2c(c1)N(C(C)=O)CC1C2(C)CCC(Sc2ccccc2)C1(C)C. The highest BCUT2D eigenvalue weighted by atomic mass is 32.2. The Morgan fingerprint density at radius 3 is 2.42 bits per heavy atom. The molecule has 1 aliphatic heterocycles. The number of rotatable bonds is 4. The number of hydrogen-bond acceptors (Lipinski definition) is 4. The van der Waals surface area contributed by atoms with Crippen molar-refractivity contribution in [3.05, 3.63) is 48.0 Å². The molecule has 2 aromatic rings. The molecule has 4 nitrogen and oxygen atoms in total. The maximum atomic E-state index is 12.8. The van der Waals surface area contributed by atoms with Gasteiger partial charge in [0.05, 0.1) is 19.9 Å². The van der Waals surface area contributed by atoms with Gasteiger partial charge in [-0.05, 0) is 36.3 Å². The summed E-state index contributed by atoms with van der Waals surface area (Å²) in [5.74, 6) is 1.91. The molecule has 1 aliphatic carbocycles. The first-order valence-electron chi connectivity index (χ1n) is 11.0. The molecule has 166 valence electrons. The Bertz CT molecular complexity index is 974. The number of fused-ring (bicyclic) bond motifs is 3. The van der Waals surface area contributed by atoms with Gasteiger partial charge in [0.15, 0.2) is 0 Å². The number of benzene rings is 2. The summed E-state index contributed by atoms with van der Waals surface area (Å²) in [7, 11) is 3.36. The van der Waals surface area contributed by atoms with Gasteiger partial charge in [-0.3, -0.25) is 4.79 Å². The zero-order chi connectivity index (χ0) is 22.4. The molecule has 0 saturated heterocycles. The first kappa shape index (κ1) is 22.1. The van der Waals surface area contributed by atoms with Gasteiger partial charge in [-0.15, -0.1) is 11.8 Å². The number of hydrogen-bond donors (Lipinski definition) is 0. The summed E-state index contributed by atoms with van der Waals surface area (Å²) in [6.07, 6.45) is 2.18. The second kappa shape index (κ2) is 8.09. The quantitative estimate of drug-likeness (QED) is 0.592. The molecule has 0 radical (unpaired) electrons. The predicted molar refractivity (Wildman–Crippen MR) is 128 cm³/mol. The fraction of sp³-hybridized carbons (Fsp3) is 0.500. The molecule has 0 spiro atoms.